The van der Waals surface area contributed by atoms with Gasteiger partial charge in [-0.2, -0.15) is 0 Å². The standard InChI is InChI=1S/C16H14INOS/c1-20-15-9-2-12(3-10-15)4-11-16(19)18-14-7-5-13(17)6-8-14/h2-11H,1H3,(H,18,19)/b11-4-. The maximum Gasteiger partial charge on any atom is 0.248 e. The summed E-state index contributed by atoms with van der Waals surface area (Å²) >= 11 is 3.93. The van der Waals surface area contributed by atoms with Gasteiger partial charge in [0.2, 0.25) is 5.91 Å². The number of rotatable bonds is 4. The fourth-order valence-corrected chi connectivity index (χ4v) is 2.37. The summed E-state index contributed by atoms with van der Waals surface area (Å²) in [6.07, 6.45) is 5.40. The molecule has 0 saturated carbocycles. The van der Waals surface area contributed by atoms with Crippen molar-refractivity contribution in [1.82, 2.24) is 0 Å². The van der Waals surface area contributed by atoms with E-state index >= 15 is 0 Å². The quantitative estimate of drug-likeness (QED) is 0.463. The van der Waals surface area contributed by atoms with Crippen LogP contribution in [-0.4, -0.2) is 12.2 Å². The highest BCUT2D eigenvalue weighted by molar-refractivity contribution is 14.1. The van der Waals surface area contributed by atoms with Gasteiger partial charge in [-0.3, -0.25) is 4.79 Å². The van der Waals surface area contributed by atoms with Gasteiger partial charge in [0.1, 0.15) is 0 Å². The molecule has 20 heavy (non-hydrogen) atoms. The third-order valence-electron chi connectivity index (χ3n) is 2.65. The average Bonchev–Trinajstić information content (AvgIpc) is 2.48. The number of carbonyl (C=O) groups excluding carboxylic acids is 1. The fourth-order valence-electron chi connectivity index (χ4n) is 1.60. The maximum atomic E-state index is 11.8. The summed E-state index contributed by atoms with van der Waals surface area (Å²) in [4.78, 5) is 13.0. The van der Waals surface area contributed by atoms with E-state index in [4.69, 9.17) is 0 Å². The van der Waals surface area contributed by atoms with Crippen LogP contribution in [0.25, 0.3) is 6.08 Å². The molecular weight excluding hydrogens is 381 g/mol. The lowest BCUT2D eigenvalue weighted by atomic mass is 10.2. The van der Waals surface area contributed by atoms with Crippen LogP contribution in [0.5, 0.6) is 0 Å². The number of hydrogen-bond donors (Lipinski definition) is 1. The van der Waals surface area contributed by atoms with Crippen LogP contribution in [0.1, 0.15) is 5.56 Å². The lowest BCUT2D eigenvalue weighted by Gasteiger charge is -2.02. The average molecular weight is 395 g/mol. The van der Waals surface area contributed by atoms with Gasteiger partial charge in [0.05, 0.1) is 0 Å². The number of amides is 1. The van der Waals surface area contributed by atoms with Crippen molar-refractivity contribution in [2.45, 2.75) is 4.90 Å². The van der Waals surface area contributed by atoms with E-state index in [1.165, 1.54) is 4.90 Å². The van der Waals surface area contributed by atoms with Gasteiger partial charge in [0, 0.05) is 20.2 Å². The Bertz CT molecular complexity index is 605. The van der Waals surface area contributed by atoms with Crippen molar-refractivity contribution in [1.29, 1.82) is 0 Å². The molecule has 0 radical (unpaired) electrons. The normalized spacial score (nSPS) is 10.7. The summed E-state index contributed by atoms with van der Waals surface area (Å²) in [7, 11) is 0. The number of halogens is 1. The summed E-state index contributed by atoms with van der Waals surface area (Å²) in [6.45, 7) is 0. The predicted octanol–water partition coefficient (Wildman–Crippen LogP) is 4.67. The molecule has 0 aromatic heterocycles. The molecule has 0 saturated heterocycles. The van der Waals surface area contributed by atoms with E-state index in [9.17, 15) is 4.79 Å². The van der Waals surface area contributed by atoms with Crippen LogP contribution in [0.15, 0.2) is 59.5 Å². The minimum Gasteiger partial charge on any atom is -0.323 e. The van der Waals surface area contributed by atoms with E-state index in [1.54, 1.807) is 17.8 Å². The van der Waals surface area contributed by atoms with E-state index in [-0.39, 0.29) is 5.91 Å². The van der Waals surface area contributed by atoms with Gasteiger partial charge in [-0.15, -0.1) is 11.8 Å². The highest BCUT2D eigenvalue weighted by Crippen LogP contribution is 2.15. The maximum absolute atomic E-state index is 11.8. The van der Waals surface area contributed by atoms with Crippen molar-refractivity contribution < 1.29 is 4.79 Å². The van der Waals surface area contributed by atoms with Crippen LogP contribution in [0, 0.1) is 3.57 Å². The molecule has 0 aliphatic heterocycles. The summed E-state index contributed by atoms with van der Waals surface area (Å²) in [5.74, 6) is -0.125. The second-order valence-corrected chi connectivity index (χ2v) is 6.23. The van der Waals surface area contributed by atoms with E-state index in [0.29, 0.717) is 0 Å². The van der Waals surface area contributed by atoms with Crippen LogP contribution in [0.2, 0.25) is 0 Å². The second-order valence-electron chi connectivity index (χ2n) is 4.10. The van der Waals surface area contributed by atoms with E-state index in [0.717, 1.165) is 14.8 Å². The Hall–Kier alpha value is -1.27. The van der Waals surface area contributed by atoms with Crippen LogP contribution < -0.4 is 5.32 Å². The Balaban J connectivity index is 1.96. The lowest BCUT2D eigenvalue weighted by Crippen LogP contribution is -2.07. The minimum absolute atomic E-state index is 0.125. The van der Waals surface area contributed by atoms with E-state index in [1.807, 2.05) is 60.9 Å². The number of nitrogens with one attached hydrogen (secondary N) is 1. The topological polar surface area (TPSA) is 29.1 Å². The van der Waals surface area contributed by atoms with Crippen LogP contribution >= 0.6 is 34.4 Å². The summed E-state index contributed by atoms with van der Waals surface area (Å²) < 4.78 is 1.14. The SMILES string of the molecule is CSc1ccc(/C=C\C(=O)Nc2ccc(I)cc2)cc1. The molecule has 0 atom stereocenters. The fraction of sp³-hybridized carbons (Fsp3) is 0.0625. The Kier molecular flexibility index (Phi) is 5.67. The molecule has 4 heteroatoms. The van der Waals surface area contributed by atoms with Gasteiger partial charge in [0.25, 0.3) is 0 Å². The number of anilines is 1. The monoisotopic (exact) mass is 395 g/mol. The summed E-state index contributed by atoms with van der Waals surface area (Å²) in [6, 6.07) is 15.8. The van der Waals surface area contributed by atoms with Crippen molar-refractivity contribution in [3.05, 3.63) is 63.7 Å². The van der Waals surface area contributed by atoms with Crippen LogP contribution in [0.4, 0.5) is 5.69 Å². The number of hydrogen-bond acceptors (Lipinski definition) is 2. The third-order valence-corrected chi connectivity index (χ3v) is 4.12. The first-order valence-corrected chi connectivity index (χ1v) is 8.36. The first-order valence-electron chi connectivity index (χ1n) is 6.06. The number of carbonyl (C=O) groups is 1. The molecule has 0 aliphatic rings. The van der Waals surface area contributed by atoms with Crippen molar-refractivity contribution in [2.75, 3.05) is 11.6 Å². The molecule has 0 heterocycles. The smallest absolute Gasteiger partial charge is 0.248 e. The van der Waals surface area contributed by atoms with Crippen molar-refractivity contribution in [2.24, 2.45) is 0 Å². The molecule has 0 unspecified atom stereocenters. The highest BCUT2D eigenvalue weighted by Gasteiger charge is 1.97. The molecule has 2 aromatic rings. The van der Waals surface area contributed by atoms with Gasteiger partial charge < -0.3 is 5.32 Å². The van der Waals surface area contributed by atoms with Gasteiger partial charge in [-0.05, 0) is 76.9 Å². The van der Waals surface area contributed by atoms with Crippen LogP contribution in [-0.2, 0) is 4.79 Å². The third kappa shape index (κ3) is 4.68. The zero-order valence-corrected chi connectivity index (χ0v) is 13.9. The number of thioether (sulfide) groups is 1. The van der Waals surface area contributed by atoms with Crippen molar-refractivity contribution in [3.63, 3.8) is 0 Å². The zero-order chi connectivity index (χ0) is 14.4. The van der Waals surface area contributed by atoms with Gasteiger partial charge in [-0.25, -0.2) is 0 Å². The van der Waals surface area contributed by atoms with Gasteiger partial charge in [-0.1, -0.05) is 12.1 Å². The molecule has 102 valence electrons. The van der Waals surface area contributed by atoms with Crippen molar-refractivity contribution in [3.8, 4) is 0 Å². The molecule has 2 aromatic carbocycles. The molecule has 0 bridgehead atoms. The summed E-state index contributed by atoms with van der Waals surface area (Å²) in [5.41, 5.74) is 1.82. The minimum atomic E-state index is -0.125. The molecule has 0 aliphatic carbocycles. The van der Waals surface area contributed by atoms with Gasteiger partial charge >= 0.3 is 0 Å². The largest absolute Gasteiger partial charge is 0.323 e. The lowest BCUT2D eigenvalue weighted by molar-refractivity contribution is -0.111. The van der Waals surface area contributed by atoms with E-state index in [2.05, 4.69) is 27.9 Å². The molecule has 2 nitrogen and oxygen atoms in total. The first-order chi connectivity index (χ1) is 9.67. The Morgan fingerprint density at radius 2 is 1.75 bits per heavy atom. The Morgan fingerprint density at radius 1 is 1.10 bits per heavy atom. The highest BCUT2D eigenvalue weighted by atomic mass is 127. The molecule has 1 amide bonds. The van der Waals surface area contributed by atoms with E-state index < -0.39 is 0 Å². The molecule has 0 spiro atoms. The van der Waals surface area contributed by atoms with Crippen molar-refractivity contribution >= 4 is 52.0 Å². The zero-order valence-electron chi connectivity index (χ0n) is 11.0. The molecular formula is C16H14INOS. The molecule has 0 fully saturated rings. The molecule has 1 N–H and O–H groups in total. The van der Waals surface area contributed by atoms with Gasteiger partial charge in [0.15, 0.2) is 0 Å². The van der Waals surface area contributed by atoms with Crippen LogP contribution in [0.3, 0.4) is 0 Å². The predicted molar refractivity (Wildman–Crippen MR) is 95.0 cm³/mol. The number of benzene rings is 2. The Labute approximate surface area is 136 Å². The summed E-state index contributed by atoms with van der Waals surface area (Å²) in [5, 5.41) is 2.83. The second kappa shape index (κ2) is 7.50. The Morgan fingerprint density at radius 3 is 2.35 bits per heavy atom. The molecule has 2 rings (SSSR count). The first kappa shape index (κ1) is 15.1.